The first-order valence-electron chi connectivity index (χ1n) is 10.0. The summed E-state index contributed by atoms with van der Waals surface area (Å²) < 4.78 is 99.6. The molecule has 0 bridgehead atoms. The third-order valence-electron chi connectivity index (χ3n) is 6.08. The van der Waals surface area contributed by atoms with Crippen LogP contribution in [0.4, 0.5) is 22.0 Å². The molecule has 4 atom stereocenters. The first-order chi connectivity index (χ1) is 15.5. The van der Waals surface area contributed by atoms with Crippen molar-refractivity contribution in [2.24, 2.45) is 5.92 Å². The number of alkyl halides is 2. The Balaban J connectivity index is 1.59. The summed E-state index contributed by atoms with van der Waals surface area (Å²) in [5, 5.41) is 0. The summed E-state index contributed by atoms with van der Waals surface area (Å²) >= 11 is 0. The van der Waals surface area contributed by atoms with Gasteiger partial charge in [0.05, 0.1) is 24.1 Å². The third kappa shape index (κ3) is 4.22. The lowest BCUT2D eigenvalue weighted by atomic mass is 9.92. The highest BCUT2D eigenvalue weighted by molar-refractivity contribution is 7.87. The van der Waals surface area contributed by atoms with Crippen LogP contribution in [0.25, 0.3) is 11.1 Å². The predicted octanol–water partition coefficient (Wildman–Crippen LogP) is 2.56. The number of halogens is 5. The van der Waals surface area contributed by atoms with E-state index < -0.39 is 69.5 Å². The number of nitrogens with zero attached hydrogens (tertiary/aromatic N) is 1. The van der Waals surface area contributed by atoms with Gasteiger partial charge in [0, 0.05) is 20.0 Å². The highest BCUT2D eigenvalue weighted by Crippen LogP contribution is 2.59. The monoisotopic (exact) mass is 489 g/mol. The fourth-order valence-electron chi connectivity index (χ4n) is 4.12. The fourth-order valence-corrected chi connectivity index (χ4v) is 4.66. The van der Waals surface area contributed by atoms with Crippen molar-refractivity contribution in [3.05, 3.63) is 59.4 Å². The Labute approximate surface area is 187 Å². The van der Waals surface area contributed by atoms with Crippen LogP contribution in [0.15, 0.2) is 36.4 Å². The van der Waals surface area contributed by atoms with Gasteiger partial charge in [0.2, 0.25) is 5.91 Å². The Morgan fingerprint density at radius 3 is 2.45 bits per heavy atom. The van der Waals surface area contributed by atoms with Gasteiger partial charge < -0.3 is 4.90 Å². The van der Waals surface area contributed by atoms with Crippen molar-refractivity contribution in [2.75, 3.05) is 20.1 Å². The van der Waals surface area contributed by atoms with E-state index in [1.165, 1.54) is 0 Å². The lowest BCUT2D eigenvalue weighted by Crippen LogP contribution is -2.65. The van der Waals surface area contributed by atoms with E-state index in [1.54, 1.807) is 0 Å². The van der Waals surface area contributed by atoms with Gasteiger partial charge in [-0.15, -0.1) is 0 Å². The van der Waals surface area contributed by atoms with Crippen molar-refractivity contribution in [3.8, 4) is 11.1 Å². The normalized spacial score (nSPS) is 26.7. The molecule has 2 fully saturated rings. The number of hydrogen-bond acceptors (Lipinski definition) is 3. The van der Waals surface area contributed by atoms with E-state index in [4.69, 9.17) is 0 Å². The van der Waals surface area contributed by atoms with Gasteiger partial charge in [0.1, 0.15) is 29.3 Å². The maximum atomic E-state index is 15.8. The lowest BCUT2D eigenvalue weighted by molar-refractivity contribution is -0.147. The van der Waals surface area contributed by atoms with Crippen LogP contribution in [-0.4, -0.2) is 51.6 Å². The van der Waals surface area contributed by atoms with Crippen molar-refractivity contribution in [3.63, 3.8) is 0 Å². The predicted molar refractivity (Wildman–Crippen MR) is 109 cm³/mol. The maximum absolute atomic E-state index is 15.8. The quantitative estimate of drug-likeness (QED) is 0.587. The van der Waals surface area contributed by atoms with Crippen molar-refractivity contribution >= 4 is 16.1 Å². The molecule has 2 aliphatic rings. The molecular weight excluding hydrogens is 469 g/mol. The van der Waals surface area contributed by atoms with Gasteiger partial charge in [0.15, 0.2) is 0 Å². The van der Waals surface area contributed by atoms with Crippen LogP contribution in [-0.2, 0) is 20.7 Å². The molecule has 2 N–H and O–H groups in total. The van der Waals surface area contributed by atoms with Crippen LogP contribution in [0.2, 0.25) is 0 Å². The number of carbonyl (C=O) groups is 1. The number of benzene rings is 2. The summed E-state index contributed by atoms with van der Waals surface area (Å²) in [5.74, 6) is -4.93. The molecule has 178 valence electrons. The summed E-state index contributed by atoms with van der Waals surface area (Å²) in [6.45, 7) is -0.750. The molecule has 1 heterocycles. The summed E-state index contributed by atoms with van der Waals surface area (Å²) in [7, 11) is -2.72. The van der Waals surface area contributed by atoms with Crippen LogP contribution < -0.4 is 9.44 Å². The number of nitrogens with one attached hydrogen (secondary N) is 2. The molecule has 0 radical (unpaired) electrons. The van der Waals surface area contributed by atoms with E-state index >= 15 is 4.39 Å². The van der Waals surface area contributed by atoms with Crippen LogP contribution in [0, 0.1) is 23.4 Å². The molecule has 1 amide bonds. The van der Waals surface area contributed by atoms with Crippen molar-refractivity contribution in [1.29, 1.82) is 0 Å². The van der Waals surface area contributed by atoms with Gasteiger partial charge in [-0.1, -0.05) is 12.1 Å². The first kappa shape index (κ1) is 23.6. The summed E-state index contributed by atoms with van der Waals surface area (Å²) in [6.07, 6.45) is -1.85. The van der Waals surface area contributed by atoms with E-state index in [-0.39, 0.29) is 24.1 Å². The zero-order valence-electron chi connectivity index (χ0n) is 17.3. The van der Waals surface area contributed by atoms with Gasteiger partial charge in [0.25, 0.3) is 10.2 Å². The summed E-state index contributed by atoms with van der Waals surface area (Å²) in [4.78, 5) is 13.9. The zero-order valence-corrected chi connectivity index (χ0v) is 18.1. The molecule has 0 spiro atoms. The highest BCUT2D eigenvalue weighted by Gasteiger charge is 2.64. The van der Waals surface area contributed by atoms with Gasteiger partial charge in [-0.05, 0) is 35.4 Å². The van der Waals surface area contributed by atoms with E-state index in [9.17, 15) is 30.8 Å². The van der Waals surface area contributed by atoms with Gasteiger partial charge in [-0.2, -0.15) is 8.42 Å². The number of amides is 1. The molecule has 2 aromatic rings. The molecule has 1 aliphatic carbocycles. The van der Waals surface area contributed by atoms with Gasteiger partial charge in [-0.25, -0.2) is 31.4 Å². The number of rotatable bonds is 7. The molecule has 0 unspecified atom stereocenters. The van der Waals surface area contributed by atoms with E-state index in [0.717, 1.165) is 48.3 Å². The summed E-state index contributed by atoms with van der Waals surface area (Å²) in [5.41, 5.74) is -3.57. The van der Waals surface area contributed by atoms with Crippen LogP contribution in [0.5, 0.6) is 0 Å². The molecule has 2 aromatic carbocycles. The van der Waals surface area contributed by atoms with Crippen LogP contribution in [0.1, 0.15) is 12.0 Å². The Morgan fingerprint density at radius 1 is 1.18 bits per heavy atom. The van der Waals surface area contributed by atoms with Crippen molar-refractivity contribution in [2.45, 2.75) is 24.3 Å². The Hall–Kier alpha value is -2.57. The molecule has 1 saturated heterocycles. The third-order valence-corrected chi connectivity index (χ3v) is 7.16. The van der Waals surface area contributed by atoms with Crippen molar-refractivity contribution in [1.82, 2.24) is 14.3 Å². The number of hydrogen-bond donors (Lipinski definition) is 2. The molecule has 1 saturated carbocycles. The highest BCUT2D eigenvalue weighted by atomic mass is 32.2. The first-order valence-corrected chi connectivity index (χ1v) is 11.5. The molecule has 1 aliphatic heterocycles. The second-order valence-electron chi connectivity index (χ2n) is 8.04. The Bertz CT molecular complexity index is 1190. The molecule has 12 heteroatoms. The Morgan fingerprint density at radius 2 is 1.85 bits per heavy atom. The maximum Gasteiger partial charge on any atom is 0.276 e. The lowest BCUT2D eigenvalue weighted by Gasteiger charge is -2.44. The minimum Gasteiger partial charge on any atom is -0.332 e. The van der Waals surface area contributed by atoms with Crippen LogP contribution >= 0.6 is 0 Å². The molecule has 0 aromatic heterocycles. The zero-order chi connectivity index (χ0) is 24.1. The minimum absolute atomic E-state index is 0.254. The summed E-state index contributed by atoms with van der Waals surface area (Å²) in [6, 6.07) is 4.65. The van der Waals surface area contributed by atoms with E-state index in [0.29, 0.717) is 0 Å². The van der Waals surface area contributed by atoms with Gasteiger partial charge >= 0.3 is 0 Å². The second kappa shape index (κ2) is 8.33. The second-order valence-corrected chi connectivity index (χ2v) is 9.74. The number of likely N-dealkylation sites (tertiary alicyclic amines) is 1. The van der Waals surface area contributed by atoms with E-state index in [1.807, 2.05) is 4.72 Å². The van der Waals surface area contributed by atoms with E-state index in [2.05, 4.69) is 4.72 Å². The molecule has 4 rings (SSSR count). The molecular formula is C21H20F5N3O3S. The smallest absolute Gasteiger partial charge is 0.276 e. The topological polar surface area (TPSA) is 78.5 Å². The van der Waals surface area contributed by atoms with Gasteiger partial charge in [-0.3, -0.25) is 4.79 Å². The molecule has 33 heavy (non-hydrogen) atoms. The fraction of sp³-hybridized carbons (Fsp3) is 0.381. The molecule has 6 nitrogen and oxygen atoms in total. The van der Waals surface area contributed by atoms with Crippen molar-refractivity contribution < 1.29 is 35.2 Å². The standard InChI is InChI=1S/C21H20F5N3O3S/c1-27-33(31,32)28-9-18-17(25)10-29(18)20(30)14-8-21(14,26)13-6-5-11(22)7-12(13)19-15(23)3-2-4-16(19)24/h2-7,14,17-18,27-28H,8-10H2,1H3/t14-,17+,18+,21+/m0/s1. The average molecular weight is 489 g/mol. The number of carbonyl (C=O) groups excluding carboxylic acids is 1. The van der Waals surface area contributed by atoms with Crippen LogP contribution in [0.3, 0.4) is 0 Å². The minimum atomic E-state index is -3.87. The average Bonchev–Trinajstić information content (AvgIpc) is 3.44. The largest absolute Gasteiger partial charge is 0.332 e. The SMILES string of the molecule is CNS(=O)(=O)NC[C@@H]1[C@H](F)CN1C(=O)[C@@H]1C[C@@]1(F)c1ccc(F)cc1-c1c(F)cccc1F. The Kier molecular flexibility index (Phi) is 5.95.